The topological polar surface area (TPSA) is 103 Å². The molecule has 1 aromatic heterocycles. The minimum Gasteiger partial charge on any atom is -0.490 e. The number of aromatic nitrogens is 2. The van der Waals surface area contributed by atoms with Crippen molar-refractivity contribution >= 4 is 22.7 Å². The normalized spacial score (nSPS) is 17.0. The first-order valence-electron chi connectivity index (χ1n) is 10.3. The van der Waals surface area contributed by atoms with Gasteiger partial charge in [0.1, 0.15) is 29.9 Å². The van der Waals surface area contributed by atoms with E-state index < -0.39 is 5.60 Å². The summed E-state index contributed by atoms with van der Waals surface area (Å²) >= 11 is 0. The molecule has 0 bridgehead atoms. The lowest BCUT2D eigenvalue weighted by Crippen LogP contribution is -2.49. The Hall–Kier alpha value is -3.26. The van der Waals surface area contributed by atoms with Crippen molar-refractivity contribution in [2.75, 3.05) is 32.0 Å². The van der Waals surface area contributed by atoms with Gasteiger partial charge in [0.25, 0.3) is 0 Å². The molecular formula is C23H28N4O4. The van der Waals surface area contributed by atoms with Gasteiger partial charge in [-0.25, -0.2) is 4.79 Å². The number of hydrogen-bond donors (Lipinski definition) is 2. The minimum absolute atomic E-state index is 0.257. The molecule has 31 heavy (non-hydrogen) atoms. The van der Waals surface area contributed by atoms with Crippen molar-refractivity contribution in [3.05, 3.63) is 42.5 Å². The van der Waals surface area contributed by atoms with Gasteiger partial charge in [0, 0.05) is 18.2 Å². The number of hydrogen-bond acceptors (Lipinski definition) is 6. The summed E-state index contributed by atoms with van der Waals surface area (Å²) in [5.41, 5.74) is 6.91. The third-order valence-electron chi connectivity index (χ3n) is 4.95. The number of nitrogens with zero attached hydrogens (tertiary/aromatic N) is 2. The fourth-order valence-corrected chi connectivity index (χ4v) is 3.52. The molecule has 0 radical (unpaired) electrons. The van der Waals surface area contributed by atoms with E-state index in [1.807, 2.05) is 57.2 Å². The number of carbonyl (C=O) groups is 1. The molecule has 8 nitrogen and oxygen atoms in total. The molecule has 3 aromatic rings. The number of rotatable bonds is 4. The van der Waals surface area contributed by atoms with Gasteiger partial charge in [-0.2, -0.15) is 5.10 Å². The number of nitrogens with one attached hydrogen (secondary N) is 1. The second-order valence-electron chi connectivity index (χ2n) is 8.63. The van der Waals surface area contributed by atoms with Crippen molar-refractivity contribution in [2.24, 2.45) is 0 Å². The van der Waals surface area contributed by atoms with E-state index in [1.165, 1.54) is 0 Å². The molecule has 0 aliphatic carbocycles. The maximum absolute atomic E-state index is 12.4. The Morgan fingerprint density at radius 1 is 1.26 bits per heavy atom. The Morgan fingerprint density at radius 3 is 2.68 bits per heavy atom. The van der Waals surface area contributed by atoms with Gasteiger partial charge in [-0.05, 0) is 43.7 Å². The maximum atomic E-state index is 12.4. The quantitative estimate of drug-likeness (QED) is 0.660. The van der Waals surface area contributed by atoms with E-state index in [4.69, 9.17) is 19.9 Å². The number of amides is 1. The van der Waals surface area contributed by atoms with Crippen molar-refractivity contribution in [1.82, 2.24) is 15.1 Å². The van der Waals surface area contributed by atoms with Gasteiger partial charge in [0.05, 0.1) is 18.8 Å². The summed E-state index contributed by atoms with van der Waals surface area (Å²) in [6.07, 6.45) is -0.590. The van der Waals surface area contributed by atoms with Crippen molar-refractivity contribution in [3.8, 4) is 17.0 Å². The predicted octanol–water partition coefficient (Wildman–Crippen LogP) is 3.83. The Labute approximate surface area is 181 Å². The fraction of sp³-hybridized carbons (Fsp3) is 0.391. The van der Waals surface area contributed by atoms with Crippen LogP contribution in [-0.4, -0.2) is 59.2 Å². The van der Waals surface area contributed by atoms with E-state index in [-0.39, 0.29) is 12.2 Å². The average molecular weight is 425 g/mol. The van der Waals surface area contributed by atoms with Gasteiger partial charge in [-0.15, -0.1) is 0 Å². The van der Waals surface area contributed by atoms with E-state index in [2.05, 4.69) is 10.2 Å². The predicted molar refractivity (Wildman–Crippen MR) is 119 cm³/mol. The first kappa shape index (κ1) is 21.0. The summed E-state index contributed by atoms with van der Waals surface area (Å²) in [6, 6.07) is 13.9. The standard InChI is InChI=1S/C23H28N4O4/c1-23(2,3)31-22(28)27-8-9-29-17(13-27)14-30-20-11-16-7-5-4-6-15(16)10-18(20)19-12-21(24)26-25-19/h4-7,10-12,17H,8-9,13-14H2,1-3H3,(H3,24,25,26). The van der Waals surface area contributed by atoms with Gasteiger partial charge in [-0.1, -0.05) is 24.3 Å². The summed E-state index contributed by atoms with van der Waals surface area (Å²) in [7, 11) is 0. The second-order valence-corrected chi connectivity index (χ2v) is 8.63. The molecule has 1 saturated heterocycles. The minimum atomic E-state index is -0.534. The molecule has 0 spiro atoms. The number of benzene rings is 2. The molecule has 8 heteroatoms. The van der Waals surface area contributed by atoms with Crippen molar-refractivity contribution < 1.29 is 19.0 Å². The van der Waals surface area contributed by atoms with Gasteiger partial charge < -0.3 is 24.8 Å². The van der Waals surface area contributed by atoms with E-state index in [0.717, 1.165) is 22.0 Å². The molecule has 4 rings (SSSR count). The van der Waals surface area contributed by atoms with E-state index in [0.29, 0.717) is 37.9 Å². The Bertz CT molecular complexity index is 1070. The molecule has 1 aliphatic heterocycles. The monoisotopic (exact) mass is 424 g/mol. The number of nitrogens with two attached hydrogens (primary N) is 1. The number of ether oxygens (including phenoxy) is 3. The van der Waals surface area contributed by atoms with Crippen LogP contribution in [0.4, 0.5) is 10.6 Å². The molecule has 2 heterocycles. The molecule has 0 saturated carbocycles. The lowest BCUT2D eigenvalue weighted by Gasteiger charge is -2.34. The third kappa shape index (κ3) is 5.08. The summed E-state index contributed by atoms with van der Waals surface area (Å²) in [5, 5.41) is 9.14. The zero-order chi connectivity index (χ0) is 22.0. The lowest BCUT2D eigenvalue weighted by atomic mass is 10.0. The second kappa shape index (κ2) is 8.47. The summed E-state index contributed by atoms with van der Waals surface area (Å²) in [6.45, 7) is 7.22. The highest BCUT2D eigenvalue weighted by Gasteiger charge is 2.28. The van der Waals surface area contributed by atoms with Crippen molar-refractivity contribution in [1.29, 1.82) is 0 Å². The Kier molecular flexibility index (Phi) is 5.73. The molecule has 1 fully saturated rings. The largest absolute Gasteiger partial charge is 0.490 e. The number of morpholine rings is 1. The number of anilines is 1. The molecular weight excluding hydrogens is 396 g/mol. The first-order chi connectivity index (χ1) is 14.8. The summed E-state index contributed by atoms with van der Waals surface area (Å²) in [4.78, 5) is 14.1. The number of carbonyl (C=O) groups excluding carboxylic acids is 1. The smallest absolute Gasteiger partial charge is 0.410 e. The van der Waals surface area contributed by atoms with Crippen LogP contribution in [0, 0.1) is 0 Å². The first-order valence-corrected chi connectivity index (χ1v) is 10.3. The zero-order valence-electron chi connectivity index (χ0n) is 18.1. The van der Waals surface area contributed by atoms with E-state index in [1.54, 1.807) is 11.0 Å². The van der Waals surface area contributed by atoms with Crippen LogP contribution in [0.5, 0.6) is 5.75 Å². The highest BCUT2D eigenvalue weighted by Crippen LogP contribution is 2.34. The zero-order valence-corrected chi connectivity index (χ0v) is 18.1. The Balaban J connectivity index is 1.51. The highest BCUT2D eigenvalue weighted by atomic mass is 16.6. The van der Waals surface area contributed by atoms with Gasteiger partial charge in [0.15, 0.2) is 0 Å². The van der Waals surface area contributed by atoms with Crippen LogP contribution >= 0.6 is 0 Å². The fourth-order valence-electron chi connectivity index (χ4n) is 3.52. The maximum Gasteiger partial charge on any atom is 0.410 e. The molecule has 1 unspecified atom stereocenters. The van der Waals surface area contributed by atoms with E-state index >= 15 is 0 Å². The van der Waals surface area contributed by atoms with Crippen LogP contribution < -0.4 is 10.5 Å². The molecule has 1 aliphatic rings. The van der Waals surface area contributed by atoms with Crippen LogP contribution in [0.1, 0.15) is 20.8 Å². The number of aromatic amines is 1. The number of fused-ring (bicyclic) bond motifs is 1. The molecule has 164 valence electrons. The van der Waals surface area contributed by atoms with Gasteiger partial charge >= 0.3 is 6.09 Å². The van der Waals surface area contributed by atoms with Crippen LogP contribution in [0.15, 0.2) is 42.5 Å². The third-order valence-corrected chi connectivity index (χ3v) is 4.95. The van der Waals surface area contributed by atoms with E-state index in [9.17, 15) is 4.79 Å². The number of nitrogen functional groups attached to an aromatic ring is 1. The van der Waals surface area contributed by atoms with Gasteiger partial charge in [-0.3, -0.25) is 5.10 Å². The lowest BCUT2D eigenvalue weighted by molar-refractivity contribution is -0.0556. The number of H-pyrrole nitrogens is 1. The van der Waals surface area contributed by atoms with Crippen molar-refractivity contribution in [2.45, 2.75) is 32.5 Å². The van der Waals surface area contributed by atoms with Crippen LogP contribution in [0.25, 0.3) is 22.0 Å². The average Bonchev–Trinajstić information content (AvgIpc) is 3.16. The molecule has 2 aromatic carbocycles. The SMILES string of the molecule is CC(C)(C)OC(=O)N1CCOC(COc2cc3ccccc3cc2-c2cc(N)n[nH]2)C1. The van der Waals surface area contributed by atoms with Crippen LogP contribution in [-0.2, 0) is 9.47 Å². The molecule has 3 N–H and O–H groups in total. The molecule has 1 atom stereocenters. The Morgan fingerprint density at radius 2 is 2.00 bits per heavy atom. The van der Waals surface area contributed by atoms with Crippen LogP contribution in [0.3, 0.4) is 0 Å². The molecule has 1 amide bonds. The summed E-state index contributed by atoms with van der Waals surface area (Å²) in [5.74, 6) is 1.11. The van der Waals surface area contributed by atoms with Crippen molar-refractivity contribution in [3.63, 3.8) is 0 Å². The van der Waals surface area contributed by atoms with Crippen LogP contribution in [0.2, 0.25) is 0 Å². The van der Waals surface area contributed by atoms with Gasteiger partial charge in [0.2, 0.25) is 0 Å². The highest BCUT2D eigenvalue weighted by molar-refractivity contribution is 5.90. The summed E-state index contributed by atoms with van der Waals surface area (Å²) < 4.78 is 17.5.